The normalized spacial score (nSPS) is 14.8. The number of nitrogens with zero attached hydrogens (tertiary/aromatic N) is 1. The first kappa shape index (κ1) is 11.8. The number of ether oxygens (including phenoxy) is 1. The Kier molecular flexibility index (Phi) is 3.85. The first-order chi connectivity index (χ1) is 8.31. The molecular weight excluding hydrogens is 216 g/mol. The molecule has 4 nitrogen and oxygen atoms in total. The maximum atomic E-state index is 11.8. The predicted octanol–water partition coefficient (Wildman–Crippen LogP) is 1.73. The van der Waals surface area contributed by atoms with Gasteiger partial charge >= 0.3 is 0 Å². The van der Waals surface area contributed by atoms with Crippen LogP contribution in [-0.4, -0.2) is 37.6 Å². The molecule has 1 aromatic rings. The monoisotopic (exact) mass is 234 g/mol. The lowest BCUT2D eigenvalue weighted by Crippen LogP contribution is -2.33. The molecule has 0 spiro atoms. The second-order valence-corrected chi connectivity index (χ2v) is 4.14. The van der Waals surface area contributed by atoms with Crippen molar-refractivity contribution in [3.05, 3.63) is 24.3 Å². The molecule has 17 heavy (non-hydrogen) atoms. The van der Waals surface area contributed by atoms with Crippen LogP contribution in [0.25, 0.3) is 0 Å². The van der Waals surface area contributed by atoms with Crippen LogP contribution in [0.1, 0.15) is 12.8 Å². The molecule has 0 radical (unpaired) electrons. The van der Waals surface area contributed by atoms with E-state index in [-0.39, 0.29) is 5.91 Å². The Morgan fingerprint density at radius 1 is 1.35 bits per heavy atom. The smallest absolute Gasteiger partial charge is 0.241 e. The van der Waals surface area contributed by atoms with Crippen molar-refractivity contribution < 1.29 is 9.53 Å². The number of para-hydroxylation sites is 2. The van der Waals surface area contributed by atoms with Gasteiger partial charge in [-0.25, -0.2) is 0 Å². The van der Waals surface area contributed by atoms with Crippen LogP contribution in [0.5, 0.6) is 5.75 Å². The molecule has 0 atom stereocenters. The van der Waals surface area contributed by atoms with Gasteiger partial charge in [-0.15, -0.1) is 0 Å². The van der Waals surface area contributed by atoms with Crippen LogP contribution in [0.15, 0.2) is 24.3 Å². The van der Waals surface area contributed by atoms with Crippen LogP contribution in [0, 0.1) is 0 Å². The number of methoxy groups -OCH3 is 1. The Balaban J connectivity index is 1.90. The van der Waals surface area contributed by atoms with Gasteiger partial charge in [0.2, 0.25) is 5.91 Å². The van der Waals surface area contributed by atoms with Crippen LogP contribution in [0.4, 0.5) is 5.69 Å². The Bertz CT molecular complexity index is 387. The summed E-state index contributed by atoms with van der Waals surface area (Å²) in [5, 5.41) is 3.12. The third-order valence-corrected chi connectivity index (χ3v) is 3.00. The number of carbonyl (C=O) groups excluding carboxylic acids is 1. The zero-order valence-corrected chi connectivity index (χ0v) is 10.1. The summed E-state index contributed by atoms with van der Waals surface area (Å²) in [5.74, 6) is 0.926. The lowest BCUT2D eigenvalue weighted by molar-refractivity contribution is -0.128. The highest BCUT2D eigenvalue weighted by Gasteiger charge is 2.17. The van der Waals surface area contributed by atoms with Gasteiger partial charge in [0.25, 0.3) is 0 Å². The highest BCUT2D eigenvalue weighted by atomic mass is 16.5. The molecule has 0 saturated carbocycles. The summed E-state index contributed by atoms with van der Waals surface area (Å²) in [7, 11) is 1.63. The first-order valence-electron chi connectivity index (χ1n) is 5.96. The van der Waals surface area contributed by atoms with E-state index in [0.717, 1.165) is 37.4 Å². The molecular formula is C13H18N2O2. The molecule has 92 valence electrons. The minimum absolute atomic E-state index is 0.161. The van der Waals surface area contributed by atoms with Crippen LogP contribution in [0.2, 0.25) is 0 Å². The second-order valence-electron chi connectivity index (χ2n) is 4.14. The van der Waals surface area contributed by atoms with Gasteiger partial charge in [0.15, 0.2) is 0 Å². The first-order valence-corrected chi connectivity index (χ1v) is 5.96. The number of nitrogens with one attached hydrogen (secondary N) is 1. The number of rotatable bonds is 4. The third kappa shape index (κ3) is 2.90. The highest BCUT2D eigenvalue weighted by molar-refractivity contribution is 5.81. The lowest BCUT2D eigenvalue weighted by Gasteiger charge is -2.16. The van der Waals surface area contributed by atoms with E-state index < -0.39 is 0 Å². The number of likely N-dealkylation sites (tertiary alicyclic amines) is 1. The van der Waals surface area contributed by atoms with Gasteiger partial charge in [0, 0.05) is 13.1 Å². The maximum absolute atomic E-state index is 11.8. The van der Waals surface area contributed by atoms with Crippen molar-refractivity contribution in [1.82, 2.24) is 4.90 Å². The average molecular weight is 234 g/mol. The van der Waals surface area contributed by atoms with Gasteiger partial charge in [-0.05, 0) is 25.0 Å². The molecule has 0 aliphatic carbocycles. The van der Waals surface area contributed by atoms with Gasteiger partial charge in [0.05, 0.1) is 19.3 Å². The van der Waals surface area contributed by atoms with Crippen molar-refractivity contribution in [2.75, 3.05) is 32.1 Å². The van der Waals surface area contributed by atoms with Gasteiger partial charge < -0.3 is 15.0 Å². The lowest BCUT2D eigenvalue weighted by atomic mass is 10.3. The molecule has 2 rings (SSSR count). The Morgan fingerprint density at radius 3 is 2.76 bits per heavy atom. The molecule has 0 aromatic heterocycles. The van der Waals surface area contributed by atoms with Crippen LogP contribution >= 0.6 is 0 Å². The molecule has 4 heteroatoms. The Labute approximate surface area is 102 Å². The van der Waals surface area contributed by atoms with Crippen LogP contribution in [0.3, 0.4) is 0 Å². The maximum Gasteiger partial charge on any atom is 0.241 e. The predicted molar refractivity (Wildman–Crippen MR) is 67.3 cm³/mol. The molecule has 1 aliphatic heterocycles. The number of anilines is 1. The molecule has 0 unspecified atom stereocenters. The fourth-order valence-electron chi connectivity index (χ4n) is 2.04. The van der Waals surface area contributed by atoms with Gasteiger partial charge in [-0.2, -0.15) is 0 Å². The molecule has 1 fully saturated rings. The number of hydrogen-bond donors (Lipinski definition) is 1. The molecule has 1 aromatic carbocycles. The van der Waals surface area contributed by atoms with Gasteiger partial charge in [0.1, 0.15) is 5.75 Å². The summed E-state index contributed by atoms with van der Waals surface area (Å²) in [5.41, 5.74) is 0.863. The molecule has 1 aliphatic rings. The van der Waals surface area contributed by atoms with Crippen molar-refractivity contribution in [1.29, 1.82) is 0 Å². The minimum Gasteiger partial charge on any atom is -0.495 e. The van der Waals surface area contributed by atoms with E-state index in [1.807, 2.05) is 29.2 Å². The van der Waals surface area contributed by atoms with Gasteiger partial charge in [-0.1, -0.05) is 12.1 Å². The summed E-state index contributed by atoms with van der Waals surface area (Å²) in [6.07, 6.45) is 2.25. The quantitative estimate of drug-likeness (QED) is 0.862. The summed E-state index contributed by atoms with van der Waals surface area (Å²) in [6, 6.07) is 7.62. The average Bonchev–Trinajstić information content (AvgIpc) is 2.90. The number of carbonyl (C=O) groups is 1. The zero-order valence-electron chi connectivity index (χ0n) is 10.1. The van der Waals surface area contributed by atoms with Crippen LogP contribution in [-0.2, 0) is 4.79 Å². The van der Waals surface area contributed by atoms with Crippen molar-refractivity contribution in [3.63, 3.8) is 0 Å². The zero-order chi connectivity index (χ0) is 12.1. The van der Waals surface area contributed by atoms with E-state index in [2.05, 4.69) is 5.32 Å². The molecule has 1 amide bonds. The second kappa shape index (κ2) is 5.57. The molecule has 1 N–H and O–H groups in total. The standard InChI is InChI=1S/C13H18N2O2/c1-17-12-7-3-2-6-11(12)14-10-13(16)15-8-4-5-9-15/h2-3,6-7,14H,4-5,8-10H2,1H3. The summed E-state index contributed by atoms with van der Waals surface area (Å²) < 4.78 is 5.22. The van der Waals surface area contributed by atoms with E-state index in [0.29, 0.717) is 6.54 Å². The highest BCUT2D eigenvalue weighted by Crippen LogP contribution is 2.22. The van der Waals surface area contributed by atoms with E-state index >= 15 is 0 Å². The number of benzene rings is 1. The minimum atomic E-state index is 0.161. The van der Waals surface area contributed by atoms with Crippen molar-refractivity contribution in [2.45, 2.75) is 12.8 Å². The summed E-state index contributed by atoms with van der Waals surface area (Å²) in [4.78, 5) is 13.7. The van der Waals surface area contributed by atoms with Crippen molar-refractivity contribution in [3.8, 4) is 5.75 Å². The SMILES string of the molecule is COc1ccccc1NCC(=O)N1CCCC1. The van der Waals surface area contributed by atoms with E-state index in [9.17, 15) is 4.79 Å². The number of amides is 1. The fourth-order valence-corrected chi connectivity index (χ4v) is 2.04. The topological polar surface area (TPSA) is 41.6 Å². The van der Waals surface area contributed by atoms with Crippen molar-refractivity contribution in [2.24, 2.45) is 0 Å². The Hall–Kier alpha value is -1.71. The van der Waals surface area contributed by atoms with Crippen molar-refractivity contribution >= 4 is 11.6 Å². The molecule has 0 bridgehead atoms. The van der Waals surface area contributed by atoms with E-state index in [4.69, 9.17) is 4.74 Å². The van der Waals surface area contributed by atoms with Crippen LogP contribution < -0.4 is 10.1 Å². The molecule has 1 saturated heterocycles. The largest absolute Gasteiger partial charge is 0.495 e. The fraction of sp³-hybridized carbons (Fsp3) is 0.462. The van der Waals surface area contributed by atoms with E-state index in [1.165, 1.54) is 0 Å². The van der Waals surface area contributed by atoms with E-state index in [1.54, 1.807) is 7.11 Å². The molecule has 1 heterocycles. The Morgan fingerprint density at radius 2 is 2.06 bits per heavy atom. The summed E-state index contributed by atoms with van der Waals surface area (Å²) in [6.45, 7) is 2.12. The third-order valence-electron chi connectivity index (χ3n) is 3.00. The number of hydrogen-bond acceptors (Lipinski definition) is 3. The van der Waals surface area contributed by atoms with Gasteiger partial charge in [-0.3, -0.25) is 4.79 Å². The summed E-state index contributed by atoms with van der Waals surface area (Å²) >= 11 is 0.